The molecular formula is C12H26N5O+. The fourth-order valence-corrected chi connectivity index (χ4v) is 1.85. The van der Waals surface area contributed by atoms with Gasteiger partial charge in [-0.25, -0.2) is 0 Å². The number of hydrogen-bond acceptors (Lipinski definition) is 5. The molecule has 0 atom stereocenters. The molecule has 4 N–H and O–H groups in total. The maximum absolute atomic E-state index is 7.10. The van der Waals surface area contributed by atoms with Gasteiger partial charge in [0.05, 0.1) is 25.7 Å². The summed E-state index contributed by atoms with van der Waals surface area (Å²) in [4.78, 5) is 0. The third-order valence-electron chi connectivity index (χ3n) is 2.87. The summed E-state index contributed by atoms with van der Waals surface area (Å²) in [6.07, 6.45) is 5.65. The van der Waals surface area contributed by atoms with Gasteiger partial charge >= 0.3 is 0 Å². The zero-order chi connectivity index (χ0) is 14.4. The molecule has 1 rings (SSSR count). The summed E-state index contributed by atoms with van der Waals surface area (Å²) in [5.74, 6) is 0. The second kappa shape index (κ2) is 12.0. The summed E-state index contributed by atoms with van der Waals surface area (Å²) in [7, 11) is 0. The largest absolute Gasteiger partial charge is 0.337 e. The highest BCUT2D eigenvalue weighted by molar-refractivity contribution is 4.51. The second-order valence-electron chi connectivity index (χ2n) is 4.41. The zero-order valence-corrected chi connectivity index (χ0v) is 11.7. The van der Waals surface area contributed by atoms with E-state index in [9.17, 15) is 0 Å². The van der Waals surface area contributed by atoms with Gasteiger partial charge < -0.3 is 20.7 Å². The van der Waals surface area contributed by atoms with Crippen molar-refractivity contribution in [3.8, 4) is 12.4 Å². The van der Waals surface area contributed by atoms with Crippen molar-refractivity contribution in [1.29, 1.82) is 10.5 Å². The van der Waals surface area contributed by atoms with Crippen molar-refractivity contribution in [3.63, 3.8) is 0 Å². The van der Waals surface area contributed by atoms with Gasteiger partial charge in [-0.2, -0.15) is 10.5 Å². The number of quaternary nitrogens is 1. The molecule has 104 valence electrons. The molecule has 1 heterocycles. The molecule has 0 aromatic rings. The molecule has 18 heavy (non-hydrogen) atoms. The lowest BCUT2D eigenvalue weighted by atomic mass is 10.4. The first-order valence-corrected chi connectivity index (χ1v) is 6.18. The van der Waals surface area contributed by atoms with E-state index in [-0.39, 0.29) is 0 Å². The van der Waals surface area contributed by atoms with E-state index < -0.39 is 0 Å². The normalized spacial score (nSPS) is 15.4. The Morgan fingerprint density at radius 3 is 1.83 bits per heavy atom. The van der Waals surface area contributed by atoms with Crippen molar-refractivity contribution in [2.75, 3.05) is 26.4 Å². The van der Waals surface area contributed by atoms with Crippen molar-refractivity contribution in [3.05, 3.63) is 0 Å². The fourth-order valence-electron chi connectivity index (χ4n) is 1.85. The Balaban J connectivity index is 0. The van der Waals surface area contributed by atoms with E-state index in [1.165, 1.54) is 49.3 Å². The van der Waals surface area contributed by atoms with Crippen molar-refractivity contribution < 1.29 is 9.22 Å². The van der Waals surface area contributed by atoms with Crippen molar-refractivity contribution in [2.24, 2.45) is 11.5 Å². The third kappa shape index (κ3) is 9.71. The molecule has 0 amide bonds. The van der Waals surface area contributed by atoms with E-state index >= 15 is 0 Å². The first-order valence-electron chi connectivity index (χ1n) is 6.18. The van der Waals surface area contributed by atoms with Gasteiger partial charge in [0.25, 0.3) is 0 Å². The van der Waals surface area contributed by atoms with Crippen LogP contribution in [0.2, 0.25) is 0 Å². The topological polar surface area (TPSA) is 109 Å². The van der Waals surface area contributed by atoms with Crippen LogP contribution in [0.4, 0.5) is 0 Å². The Labute approximate surface area is 110 Å². The average molecular weight is 256 g/mol. The molecular weight excluding hydrogens is 230 g/mol. The molecule has 1 saturated heterocycles. The molecule has 0 aromatic carbocycles. The minimum atomic E-state index is 0.382. The summed E-state index contributed by atoms with van der Waals surface area (Å²) in [6.45, 7) is 11.3. The lowest BCUT2D eigenvalue weighted by Crippen LogP contribution is -2.47. The Morgan fingerprint density at radius 2 is 1.56 bits per heavy atom. The van der Waals surface area contributed by atoms with Crippen LogP contribution < -0.4 is 11.5 Å². The molecule has 0 aromatic heterocycles. The molecule has 0 aliphatic carbocycles. The number of hydrogen-bond donors (Lipinski definition) is 2. The lowest BCUT2D eigenvalue weighted by Gasteiger charge is -2.33. The quantitative estimate of drug-likeness (QED) is 0.440. The van der Waals surface area contributed by atoms with Crippen LogP contribution >= 0.6 is 0 Å². The summed E-state index contributed by atoms with van der Waals surface area (Å²) in [6, 6.07) is 0. The number of nitriles is 2. The highest BCUT2D eigenvalue weighted by Gasteiger charge is 2.30. The first kappa shape index (κ1) is 18.9. The minimum Gasteiger partial charge on any atom is -0.337 e. The Bertz CT molecular complexity index is 249. The van der Waals surface area contributed by atoms with Crippen molar-refractivity contribution >= 4 is 0 Å². The van der Waals surface area contributed by atoms with E-state index in [1.54, 1.807) is 0 Å². The number of nitrogens with two attached hydrogens (primary N) is 2. The van der Waals surface area contributed by atoms with E-state index in [1.807, 2.05) is 0 Å². The maximum Gasteiger partial charge on any atom is 0.183 e. The Hall–Kier alpha value is -1.50. The Kier molecular flexibility index (Phi) is 12.5. The smallest absolute Gasteiger partial charge is 0.183 e. The summed E-state index contributed by atoms with van der Waals surface area (Å²) in [5, 5.41) is 14.2. The molecule has 0 spiro atoms. The SMILES string of the molecule is CC[N+]1(COC(C)C)CCCC1.N#CN.N#CN. The molecule has 1 fully saturated rings. The van der Waals surface area contributed by atoms with E-state index in [2.05, 4.69) is 32.2 Å². The van der Waals surface area contributed by atoms with Crippen LogP contribution in [0.25, 0.3) is 0 Å². The molecule has 0 saturated carbocycles. The van der Waals surface area contributed by atoms with Crippen LogP contribution in [0.5, 0.6) is 0 Å². The number of ether oxygens (including phenoxy) is 1. The number of rotatable bonds is 4. The van der Waals surface area contributed by atoms with Gasteiger partial charge in [-0.3, -0.25) is 0 Å². The predicted octanol–water partition coefficient (Wildman–Crippen LogP) is 0.852. The monoisotopic (exact) mass is 256 g/mol. The molecule has 1 aliphatic heterocycles. The molecule has 0 bridgehead atoms. The molecule has 1 aliphatic rings. The summed E-state index contributed by atoms with van der Waals surface area (Å²) in [5.41, 5.74) is 8.31. The third-order valence-corrected chi connectivity index (χ3v) is 2.87. The lowest BCUT2D eigenvalue weighted by molar-refractivity contribution is -0.934. The summed E-state index contributed by atoms with van der Waals surface area (Å²) >= 11 is 0. The average Bonchev–Trinajstić information content (AvgIpc) is 2.78. The van der Waals surface area contributed by atoms with Gasteiger partial charge in [0.2, 0.25) is 0 Å². The van der Waals surface area contributed by atoms with Gasteiger partial charge in [-0.1, -0.05) is 0 Å². The van der Waals surface area contributed by atoms with Crippen LogP contribution in [0.1, 0.15) is 33.6 Å². The number of likely N-dealkylation sites (tertiary alicyclic amines) is 1. The standard InChI is InChI=1S/C10H22NO.2CH2N2/c1-4-11(7-5-6-8-11)9-12-10(2)3;2*2-1-3/h10H,4-9H2,1-3H3;2*2H2/q+1;;. The molecule has 0 unspecified atom stereocenters. The van der Waals surface area contributed by atoms with Gasteiger partial charge in [-0.15, -0.1) is 0 Å². The fraction of sp³-hybridized carbons (Fsp3) is 0.833. The van der Waals surface area contributed by atoms with Crippen LogP contribution in [-0.2, 0) is 4.74 Å². The van der Waals surface area contributed by atoms with Crippen LogP contribution in [-0.4, -0.2) is 37.0 Å². The van der Waals surface area contributed by atoms with Gasteiger partial charge in [0.1, 0.15) is 0 Å². The zero-order valence-electron chi connectivity index (χ0n) is 11.7. The molecule has 6 heteroatoms. The van der Waals surface area contributed by atoms with E-state index in [0.29, 0.717) is 6.10 Å². The van der Waals surface area contributed by atoms with Gasteiger partial charge in [-0.05, 0) is 20.8 Å². The van der Waals surface area contributed by atoms with E-state index in [4.69, 9.17) is 15.3 Å². The molecule has 0 radical (unpaired) electrons. The van der Waals surface area contributed by atoms with Crippen LogP contribution in [0.3, 0.4) is 0 Å². The van der Waals surface area contributed by atoms with Crippen molar-refractivity contribution in [1.82, 2.24) is 0 Å². The van der Waals surface area contributed by atoms with E-state index in [0.717, 1.165) is 6.73 Å². The number of nitrogens with zero attached hydrogens (tertiary/aromatic N) is 3. The highest BCUT2D eigenvalue weighted by atomic mass is 16.5. The van der Waals surface area contributed by atoms with Gasteiger partial charge in [0.15, 0.2) is 19.1 Å². The van der Waals surface area contributed by atoms with Crippen LogP contribution in [0.15, 0.2) is 0 Å². The first-order chi connectivity index (χ1) is 8.51. The summed E-state index contributed by atoms with van der Waals surface area (Å²) < 4.78 is 6.88. The molecule has 6 nitrogen and oxygen atoms in total. The second-order valence-corrected chi connectivity index (χ2v) is 4.41. The van der Waals surface area contributed by atoms with Crippen molar-refractivity contribution in [2.45, 2.75) is 39.7 Å². The van der Waals surface area contributed by atoms with Gasteiger partial charge in [0, 0.05) is 12.8 Å². The maximum atomic E-state index is 7.10. The minimum absolute atomic E-state index is 0.382. The Morgan fingerprint density at radius 1 is 1.17 bits per heavy atom. The predicted molar refractivity (Wildman–Crippen MR) is 70.5 cm³/mol. The highest BCUT2D eigenvalue weighted by Crippen LogP contribution is 2.19. The van der Waals surface area contributed by atoms with Crippen LogP contribution in [0, 0.1) is 22.9 Å².